The van der Waals surface area contributed by atoms with Crippen LogP contribution in [0.3, 0.4) is 0 Å². The van der Waals surface area contributed by atoms with Crippen molar-refractivity contribution in [3.05, 3.63) is 107 Å². The molecule has 6 nitrogen and oxygen atoms in total. The zero-order valence-corrected chi connectivity index (χ0v) is 22.9. The lowest BCUT2D eigenvalue weighted by atomic mass is 10.1. The number of aromatic nitrogens is 2. The molecule has 4 aromatic rings. The van der Waals surface area contributed by atoms with Crippen LogP contribution < -0.4 is 4.74 Å². The van der Waals surface area contributed by atoms with Crippen molar-refractivity contribution in [2.75, 3.05) is 13.2 Å². The van der Waals surface area contributed by atoms with Crippen molar-refractivity contribution in [2.45, 2.75) is 25.6 Å². The fraction of sp³-hybridized carbons (Fsp3) is 0.194. The maximum absolute atomic E-state index is 13.3. The molecule has 2 saturated heterocycles. The minimum Gasteiger partial charge on any atom is -0.489 e. The van der Waals surface area contributed by atoms with E-state index in [0.717, 1.165) is 53.3 Å². The minimum atomic E-state index is -0.0800. The van der Waals surface area contributed by atoms with Crippen LogP contribution in [0.25, 0.3) is 23.0 Å². The van der Waals surface area contributed by atoms with Crippen molar-refractivity contribution in [3.63, 3.8) is 0 Å². The molecule has 1 amide bonds. The number of carbonyl (C=O) groups excluding carboxylic acids is 1. The lowest BCUT2D eigenvalue weighted by Crippen LogP contribution is -2.35. The van der Waals surface area contributed by atoms with E-state index in [1.54, 1.807) is 4.90 Å². The quantitative estimate of drug-likeness (QED) is 0.183. The molecule has 8 heteroatoms. The highest BCUT2D eigenvalue weighted by Crippen LogP contribution is 2.36. The van der Waals surface area contributed by atoms with Crippen molar-refractivity contribution in [1.82, 2.24) is 14.7 Å². The number of amides is 1. The van der Waals surface area contributed by atoms with Crippen molar-refractivity contribution < 1.29 is 14.3 Å². The second kappa shape index (κ2) is 11.6. The van der Waals surface area contributed by atoms with Crippen LogP contribution in [0.5, 0.6) is 5.75 Å². The number of thioether (sulfide) groups is 1. The Morgan fingerprint density at radius 2 is 1.77 bits per heavy atom. The smallest absolute Gasteiger partial charge is 0.266 e. The molecule has 6 rings (SSSR count). The molecule has 1 atom stereocenters. The number of hydrogen-bond acceptors (Lipinski definition) is 6. The van der Waals surface area contributed by atoms with Gasteiger partial charge in [0.15, 0.2) is 0 Å². The molecule has 0 unspecified atom stereocenters. The van der Waals surface area contributed by atoms with Gasteiger partial charge in [0.25, 0.3) is 5.91 Å². The Balaban J connectivity index is 1.28. The fourth-order valence-corrected chi connectivity index (χ4v) is 5.94. The molecular weight excluding hydrogens is 526 g/mol. The van der Waals surface area contributed by atoms with Gasteiger partial charge >= 0.3 is 0 Å². The summed E-state index contributed by atoms with van der Waals surface area (Å²) in [5, 5.41) is 4.91. The topological polar surface area (TPSA) is 56.6 Å². The van der Waals surface area contributed by atoms with Crippen LogP contribution >= 0.6 is 24.0 Å². The Hall–Kier alpha value is -3.72. The highest BCUT2D eigenvalue weighted by molar-refractivity contribution is 8.26. The Morgan fingerprint density at radius 3 is 2.49 bits per heavy atom. The highest BCUT2D eigenvalue weighted by Gasteiger charge is 2.35. The van der Waals surface area contributed by atoms with Crippen LogP contribution in [0.4, 0.5) is 0 Å². The molecule has 0 bridgehead atoms. The summed E-state index contributed by atoms with van der Waals surface area (Å²) >= 11 is 6.90. The number of para-hydroxylation sites is 1. The van der Waals surface area contributed by atoms with E-state index in [2.05, 4.69) is 0 Å². The van der Waals surface area contributed by atoms with Gasteiger partial charge in [-0.15, -0.1) is 0 Å². The van der Waals surface area contributed by atoms with E-state index in [9.17, 15) is 4.79 Å². The summed E-state index contributed by atoms with van der Waals surface area (Å²) in [6.45, 7) is 1.75. The molecule has 0 N–H and O–H groups in total. The molecule has 2 aliphatic rings. The second-order valence-electron chi connectivity index (χ2n) is 9.44. The molecule has 0 saturated carbocycles. The van der Waals surface area contributed by atoms with Gasteiger partial charge in [-0.3, -0.25) is 9.69 Å². The maximum Gasteiger partial charge on any atom is 0.266 e. The second-order valence-corrected chi connectivity index (χ2v) is 11.1. The molecule has 196 valence electrons. The average Bonchev–Trinajstić information content (AvgIpc) is 3.71. The molecule has 2 fully saturated rings. The summed E-state index contributed by atoms with van der Waals surface area (Å²) in [5.74, 6) is 0.699. The highest BCUT2D eigenvalue weighted by atomic mass is 32.2. The largest absolute Gasteiger partial charge is 0.489 e. The minimum absolute atomic E-state index is 0.0471. The number of carbonyl (C=O) groups is 1. The first-order chi connectivity index (χ1) is 19.1. The third kappa shape index (κ3) is 5.83. The number of hydrogen-bond donors (Lipinski definition) is 0. The summed E-state index contributed by atoms with van der Waals surface area (Å²) in [6.07, 6.45) is 5.88. The van der Waals surface area contributed by atoms with E-state index < -0.39 is 0 Å². The van der Waals surface area contributed by atoms with Gasteiger partial charge in [0.2, 0.25) is 0 Å². The molecule has 39 heavy (non-hydrogen) atoms. The first-order valence-corrected chi connectivity index (χ1v) is 14.2. The summed E-state index contributed by atoms with van der Waals surface area (Å²) in [5.41, 5.74) is 4.60. The first kappa shape index (κ1) is 25.6. The Bertz CT molecular complexity index is 1500. The number of thiocarbonyl (C=S) groups is 1. The van der Waals surface area contributed by atoms with E-state index >= 15 is 0 Å². The standard InChI is InChI=1S/C31H27N3O3S2/c35-30-28(39-31(38)33(30)20-27-12-7-17-36-27)18-24-19-34(25-10-5-2-6-11-25)32-29(24)23-13-15-26(16-14-23)37-21-22-8-3-1-4-9-22/h1-6,8-11,13-16,18-19,27H,7,12,17,20-21H2/b28-18-/t27-/m1/s1. The van der Waals surface area contributed by atoms with E-state index in [1.165, 1.54) is 11.8 Å². The normalized spacial score (nSPS) is 18.3. The van der Waals surface area contributed by atoms with Gasteiger partial charge in [-0.2, -0.15) is 5.10 Å². The molecule has 3 aromatic carbocycles. The maximum atomic E-state index is 13.3. The van der Waals surface area contributed by atoms with E-state index in [4.69, 9.17) is 26.8 Å². The number of nitrogens with zero attached hydrogens (tertiary/aromatic N) is 3. The zero-order chi connectivity index (χ0) is 26.6. The monoisotopic (exact) mass is 553 g/mol. The summed E-state index contributed by atoms with van der Waals surface area (Å²) in [6, 6.07) is 27.9. The van der Waals surface area contributed by atoms with Gasteiger partial charge in [-0.25, -0.2) is 4.68 Å². The van der Waals surface area contributed by atoms with Crippen molar-refractivity contribution in [2.24, 2.45) is 0 Å². The van der Waals surface area contributed by atoms with Crippen LogP contribution in [0.1, 0.15) is 24.0 Å². The van der Waals surface area contributed by atoms with Crippen LogP contribution in [0, 0.1) is 0 Å². The predicted octanol–water partition coefficient (Wildman–Crippen LogP) is 6.50. The Morgan fingerprint density at radius 1 is 1.03 bits per heavy atom. The van der Waals surface area contributed by atoms with Crippen molar-refractivity contribution in [1.29, 1.82) is 0 Å². The zero-order valence-electron chi connectivity index (χ0n) is 21.2. The third-order valence-electron chi connectivity index (χ3n) is 6.71. The Kier molecular flexibility index (Phi) is 7.58. The van der Waals surface area contributed by atoms with Gasteiger partial charge in [0.05, 0.1) is 28.9 Å². The summed E-state index contributed by atoms with van der Waals surface area (Å²) in [7, 11) is 0. The van der Waals surface area contributed by atoms with Crippen LogP contribution in [0.15, 0.2) is 96.0 Å². The van der Waals surface area contributed by atoms with Gasteiger partial charge < -0.3 is 9.47 Å². The van der Waals surface area contributed by atoms with E-state index in [0.29, 0.717) is 22.4 Å². The van der Waals surface area contributed by atoms with E-state index in [1.807, 2.05) is 102 Å². The molecule has 0 spiro atoms. The van der Waals surface area contributed by atoms with E-state index in [-0.39, 0.29) is 12.0 Å². The lowest BCUT2D eigenvalue weighted by Gasteiger charge is -2.18. The van der Waals surface area contributed by atoms with Crippen LogP contribution in [-0.4, -0.2) is 44.2 Å². The summed E-state index contributed by atoms with van der Waals surface area (Å²) < 4.78 is 14.1. The van der Waals surface area contributed by atoms with Crippen LogP contribution in [-0.2, 0) is 16.1 Å². The third-order valence-corrected chi connectivity index (χ3v) is 8.09. The van der Waals surface area contributed by atoms with Crippen LogP contribution in [0.2, 0.25) is 0 Å². The van der Waals surface area contributed by atoms with Gasteiger partial charge in [0, 0.05) is 23.9 Å². The fourth-order valence-electron chi connectivity index (χ4n) is 4.67. The summed E-state index contributed by atoms with van der Waals surface area (Å²) in [4.78, 5) is 15.6. The van der Waals surface area contributed by atoms with Gasteiger partial charge in [-0.05, 0) is 60.9 Å². The number of ether oxygens (including phenoxy) is 2. The SMILES string of the molecule is O=C1/C(=C/c2cn(-c3ccccc3)nc2-c2ccc(OCc3ccccc3)cc2)SC(=S)N1C[C@H]1CCCO1. The van der Waals surface area contributed by atoms with Gasteiger partial charge in [0.1, 0.15) is 16.7 Å². The molecule has 0 aliphatic carbocycles. The Labute approximate surface area is 237 Å². The van der Waals surface area contributed by atoms with Crippen molar-refractivity contribution >= 4 is 40.3 Å². The molecule has 1 aromatic heterocycles. The molecule has 2 aliphatic heterocycles. The van der Waals surface area contributed by atoms with Crippen molar-refractivity contribution in [3.8, 4) is 22.7 Å². The molecule has 3 heterocycles. The molecular formula is C31H27N3O3S2. The van der Waals surface area contributed by atoms with Gasteiger partial charge in [-0.1, -0.05) is 72.5 Å². The first-order valence-electron chi connectivity index (χ1n) is 12.9. The average molecular weight is 554 g/mol. The lowest BCUT2D eigenvalue weighted by molar-refractivity contribution is -0.123. The predicted molar refractivity (Wildman–Crippen MR) is 159 cm³/mol. The number of benzene rings is 3. The molecule has 0 radical (unpaired) electrons. The number of rotatable bonds is 8.